The molecule has 0 aliphatic heterocycles. The lowest BCUT2D eigenvalue weighted by atomic mass is 10.1. The summed E-state index contributed by atoms with van der Waals surface area (Å²) in [6, 6.07) is -0.959. The number of hydrogen-bond acceptors (Lipinski definition) is 1. The molecular weight excluding hydrogens is 148 g/mol. The van der Waals surface area contributed by atoms with Gasteiger partial charge >= 0.3 is 0 Å². The number of allylic oxidation sites excluding steroid dienone is 1. The molecule has 0 aromatic heterocycles. The predicted octanol–water partition coefficient (Wildman–Crippen LogP) is 2.08. The lowest BCUT2D eigenvalue weighted by Crippen LogP contribution is -2.28. The maximum Gasteiger partial charge on any atom is 0.253 e. The summed E-state index contributed by atoms with van der Waals surface area (Å²) >= 11 is 0. The van der Waals surface area contributed by atoms with E-state index in [4.69, 9.17) is 5.73 Å². The summed E-state index contributed by atoms with van der Waals surface area (Å²) < 4.78 is 23.9. The zero-order valence-corrected chi connectivity index (χ0v) is 6.39. The Balaban J connectivity index is 2.29. The number of rotatable bonds is 3. The molecule has 3 heteroatoms. The summed E-state index contributed by atoms with van der Waals surface area (Å²) in [6.07, 6.45) is 3.12. The Morgan fingerprint density at radius 1 is 1.55 bits per heavy atom. The minimum Gasteiger partial charge on any atom is -0.323 e. The van der Waals surface area contributed by atoms with Crippen LogP contribution >= 0.6 is 0 Å². The second kappa shape index (κ2) is 3.81. The highest BCUT2D eigenvalue weighted by Crippen LogP contribution is 2.22. The monoisotopic (exact) mass is 161 g/mol. The van der Waals surface area contributed by atoms with Crippen molar-refractivity contribution in [2.24, 2.45) is 5.73 Å². The first kappa shape index (κ1) is 8.65. The molecule has 2 N–H and O–H groups in total. The van der Waals surface area contributed by atoms with Crippen LogP contribution in [0.2, 0.25) is 0 Å². The second-order valence-electron chi connectivity index (χ2n) is 2.96. The van der Waals surface area contributed by atoms with Gasteiger partial charge in [0.15, 0.2) is 0 Å². The van der Waals surface area contributed by atoms with Crippen molar-refractivity contribution in [3.05, 3.63) is 11.6 Å². The molecule has 0 heterocycles. The fourth-order valence-electron chi connectivity index (χ4n) is 1.31. The van der Waals surface area contributed by atoms with Crippen molar-refractivity contribution in [1.82, 2.24) is 0 Å². The van der Waals surface area contributed by atoms with Crippen molar-refractivity contribution in [3.63, 3.8) is 0 Å². The van der Waals surface area contributed by atoms with E-state index in [1.54, 1.807) is 0 Å². The van der Waals surface area contributed by atoms with Gasteiger partial charge in [0.1, 0.15) is 0 Å². The van der Waals surface area contributed by atoms with Gasteiger partial charge in [0, 0.05) is 0 Å². The van der Waals surface area contributed by atoms with E-state index in [0.717, 1.165) is 24.8 Å². The summed E-state index contributed by atoms with van der Waals surface area (Å²) in [5, 5.41) is 0. The Bertz CT molecular complexity index is 154. The van der Waals surface area contributed by atoms with Gasteiger partial charge in [0.05, 0.1) is 6.04 Å². The highest BCUT2D eigenvalue weighted by atomic mass is 19.3. The maximum absolute atomic E-state index is 11.9. The van der Waals surface area contributed by atoms with Crippen molar-refractivity contribution < 1.29 is 8.78 Å². The first-order valence-electron chi connectivity index (χ1n) is 3.92. The van der Waals surface area contributed by atoms with Crippen molar-refractivity contribution in [1.29, 1.82) is 0 Å². The minimum atomic E-state index is -2.38. The van der Waals surface area contributed by atoms with Crippen LogP contribution in [-0.2, 0) is 0 Å². The van der Waals surface area contributed by atoms with Gasteiger partial charge in [0.2, 0.25) is 0 Å². The van der Waals surface area contributed by atoms with Gasteiger partial charge in [-0.05, 0) is 25.7 Å². The van der Waals surface area contributed by atoms with Crippen LogP contribution in [0.4, 0.5) is 8.78 Å². The van der Waals surface area contributed by atoms with Crippen molar-refractivity contribution >= 4 is 0 Å². The molecule has 0 fully saturated rings. The molecule has 0 saturated carbocycles. The summed E-state index contributed by atoms with van der Waals surface area (Å²) in [7, 11) is 0. The molecule has 1 aliphatic carbocycles. The molecule has 11 heavy (non-hydrogen) atoms. The molecule has 0 saturated heterocycles. The van der Waals surface area contributed by atoms with E-state index in [2.05, 4.69) is 0 Å². The van der Waals surface area contributed by atoms with Crippen molar-refractivity contribution in [3.8, 4) is 0 Å². The molecule has 1 aliphatic rings. The molecule has 0 aromatic rings. The van der Waals surface area contributed by atoms with Gasteiger partial charge in [-0.1, -0.05) is 11.6 Å². The Morgan fingerprint density at radius 3 is 2.73 bits per heavy atom. The van der Waals surface area contributed by atoms with E-state index in [-0.39, 0.29) is 0 Å². The van der Waals surface area contributed by atoms with Gasteiger partial charge < -0.3 is 5.73 Å². The van der Waals surface area contributed by atoms with E-state index < -0.39 is 12.5 Å². The van der Waals surface area contributed by atoms with Gasteiger partial charge in [-0.25, -0.2) is 8.78 Å². The van der Waals surface area contributed by atoms with Crippen molar-refractivity contribution in [2.45, 2.75) is 38.2 Å². The Hall–Kier alpha value is -0.440. The molecule has 0 radical (unpaired) electrons. The smallest absolute Gasteiger partial charge is 0.253 e. The Kier molecular flexibility index (Phi) is 3.00. The summed E-state index contributed by atoms with van der Waals surface area (Å²) in [5.41, 5.74) is 6.31. The molecule has 1 unspecified atom stereocenters. The van der Waals surface area contributed by atoms with Crippen LogP contribution in [-0.4, -0.2) is 12.5 Å². The first-order chi connectivity index (χ1) is 5.20. The van der Waals surface area contributed by atoms with E-state index in [0.29, 0.717) is 6.42 Å². The third-order valence-electron chi connectivity index (χ3n) is 1.96. The van der Waals surface area contributed by atoms with Gasteiger partial charge in [-0.2, -0.15) is 0 Å². The Morgan fingerprint density at radius 2 is 2.27 bits per heavy atom. The van der Waals surface area contributed by atoms with Gasteiger partial charge in [0.25, 0.3) is 6.43 Å². The lowest BCUT2D eigenvalue weighted by Gasteiger charge is -2.10. The van der Waals surface area contributed by atoms with E-state index in [9.17, 15) is 8.78 Å². The molecule has 64 valence electrons. The molecular formula is C8H13F2N. The van der Waals surface area contributed by atoms with Crippen LogP contribution in [0.3, 0.4) is 0 Å². The van der Waals surface area contributed by atoms with E-state index in [1.807, 2.05) is 6.08 Å². The highest BCUT2D eigenvalue weighted by Gasteiger charge is 2.17. The largest absolute Gasteiger partial charge is 0.323 e. The summed E-state index contributed by atoms with van der Waals surface area (Å²) in [6.45, 7) is 0. The average molecular weight is 161 g/mol. The van der Waals surface area contributed by atoms with Crippen molar-refractivity contribution in [2.75, 3.05) is 0 Å². The topological polar surface area (TPSA) is 26.0 Å². The fourth-order valence-corrected chi connectivity index (χ4v) is 1.31. The van der Waals surface area contributed by atoms with Crippen LogP contribution in [0.25, 0.3) is 0 Å². The standard InChI is InChI=1S/C8H13F2N/c9-8(10)7(11)5-6-3-1-2-4-6/h3,7-8H,1-2,4-5,11H2. The second-order valence-corrected chi connectivity index (χ2v) is 2.96. The average Bonchev–Trinajstić information content (AvgIpc) is 2.39. The van der Waals surface area contributed by atoms with E-state index >= 15 is 0 Å². The molecule has 1 nitrogen and oxygen atoms in total. The maximum atomic E-state index is 11.9. The van der Waals surface area contributed by atoms with Gasteiger partial charge in [-0.15, -0.1) is 0 Å². The summed E-state index contributed by atoms with van der Waals surface area (Å²) in [4.78, 5) is 0. The number of hydrogen-bond donors (Lipinski definition) is 1. The predicted molar refractivity (Wildman–Crippen MR) is 40.5 cm³/mol. The molecule has 0 bridgehead atoms. The quantitative estimate of drug-likeness (QED) is 0.630. The fraction of sp³-hybridized carbons (Fsp3) is 0.750. The van der Waals surface area contributed by atoms with Crippen LogP contribution in [0.15, 0.2) is 11.6 Å². The first-order valence-corrected chi connectivity index (χ1v) is 3.92. The molecule has 1 rings (SSSR count). The van der Waals surface area contributed by atoms with Crippen LogP contribution in [0.1, 0.15) is 25.7 Å². The molecule has 1 atom stereocenters. The van der Waals surface area contributed by atoms with E-state index in [1.165, 1.54) is 0 Å². The van der Waals surface area contributed by atoms with Crippen LogP contribution in [0, 0.1) is 0 Å². The normalized spacial score (nSPS) is 20.5. The van der Waals surface area contributed by atoms with Gasteiger partial charge in [-0.3, -0.25) is 0 Å². The Labute approximate surface area is 65.3 Å². The lowest BCUT2D eigenvalue weighted by molar-refractivity contribution is 0.115. The minimum absolute atomic E-state index is 0.373. The SMILES string of the molecule is NC(CC1=CCCC1)C(F)F. The molecule has 0 spiro atoms. The van der Waals surface area contributed by atoms with Crippen LogP contribution in [0.5, 0.6) is 0 Å². The molecule has 0 aromatic carbocycles. The third-order valence-corrected chi connectivity index (χ3v) is 1.96. The third kappa shape index (κ3) is 2.58. The number of halogens is 2. The van der Waals surface area contributed by atoms with Crippen LogP contribution < -0.4 is 5.73 Å². The zero-order chi connectivity index (χ0) is 8.27. The summed E-state index contributed by atoms with van der Waals surface area (Å²) in [5.74, 6) is 0. The zero-order valence-electron chi connectivity index (χ0n) is 6.39. The molecule has 0 amide bonds. The number of alkyl halides is 2. The highest BCUT2D eigenvalue weighted by molar-refractivity contribution is 5.09. The number of nitrogens with two attached hydrogens (primary N) is 1.